The lowest BCUT2D eigenvalue weighted by atomic mass is 10.2. The van der Waals surface area contributed by atoms with Crippen LogP contribution in [0.3, 0.4) is 0 Å². The van der Waals surface area contributed by atoms with E-state index in [1.54, 1.807) is 6.92 Å². The molecule has 0 aliphatic carbocycles. The van der Waals surface area contributed by atoms with Gasteiger partial charge in [0.2, 0.25) is 0 Å². The minimum absolute atomic E-state index is 0.0658. The van der Waals surface area contributed by atoms with E-state index < -0.39 is 5.97 Å². The number of esters is 1. The number of methoxy groups -OCH3 is 1. The maximum atomic E-state index is 11.0. The molecule has 0 amide bonds. The molecule has 0 unspecified atom stereocenters. The molecule has 0 aromatic carbocycles. The molecule has 0 atom stereocenters. The maximum absolute atomic E-state index is 11.0. The average molecular weight is 181 g/mol. The predicted octanol–water partition coefficient (Wildman–Crippen LogP) is 1.31. The molecule has 0 aliphatic rings. The quantitative estimate of drug-likeness (QED) is 0.552. The van der Waals surface area contributed by atoms with Gasteiger partial charge in [0.15, 0.2) is 5.78 Å². The van der Waals surface area contributed by atoms with Crippen LogP contribution in [0.15, 0.2) is 6.07 Å². The number of aromatic nitrogens is 1. The lowest BCUT2D eigenvalue weighted by Gasteiger charge is -1.92. The third kappa shape index (κ3) is 1.77. The third-order valence-electron chi connectivity index (χ3n) is 1.80. The van der Waals surface area contributed by atoms with Crippen LogP contribution >= 0.6 is 0 Å². The molecule has 13 heavy (non-hydrogen) atoms. The highest BCUT2D eigenvalue weighted by atomic mass is 16.5. The standard InChI is InChI=1S/C9H11NO3/c1-5-7(6(2)11)4-8(10-5)9(12)13-3/h4,10H,1-3H3. The van der Waals surface area contributed by atoms with Crippen LogP contribution in [-0.2, 0) is 4.74 Å². The summed E-state index contributed by atoms with van der Waals surface area (Å²) >= 11 is 0. The van der Waals surface area contributed by atoms with Gasteiger partial charge in [-0.3, -0.25) is 4.79 Å². The van der Waals surface area contributed by atoms with E-state index in [0.29, 0.717) is 17.0 Å². The first-order valence-corrected chi connectivity index (χ1v) is 3.85. The summed E-state index contributed by atoms with van der Waals surface area (Å²) in [6.07, 6.45) is 0. The van der Waals surface area contributed by atoms with Gasteiger partial charge in [0.25, 0.3) is 0 Å². The number of H-pyrrole nitrogens is 1. The van der Waals surface area contributed by atoms with Crippen molar-refractivity contribution < 1.29 is 14.3 Å². The van der Waals surface area contributed by atoms with Gasteiger partial charge in [-0.25, -0.2) is 4.79 Å². The Morgan fingerprint density at radius 2 is 2.08 bits per heavy atom. The lowest BCUT2D eigenvalue weighted by Crippen LogP contribution is -2.00. The summed E-state index contributed by atoms with van der Waals surface area (Å²) in [6.45, 7) is 3.19. The normalized spacial score (nSPS) is 9.77. The number of hydrogen-bond acceptors (Lipinski definition) is 3. The van der Waals surface area contributed by atoms with E-state index in [0.717, 1.165) is 0 Å². The van der Waals surface area contributed by atoms with Crippen molar-refractivity contribution in [2.24, 2.45) is 0 Å². The molecule has 1 aromatic heterocycles. The second-order valence-corrected chi connectivity index (χ2v) is 2.77. The molecule has 1 rings (SSSR count). The molecule has 70 valence electrons. The highest BCUT2D eigenvalue weighted by Crippen LogP contribution is 2.11. The Kier molecular flexibility index (Phi) is 2.51. The number of hydrogen-bond donors (Lipinski definition) is 1. The van der Waals surface area contributed by atoms with Crippen LogP contribution in [0.25, 0.3) is 0 Å². The number of carbonyl (C=O) groups is 2. The summed E-state index contributed by atoms with van der Waals surface area (Å²) in [7, 11) is 1.30. The molecule has 1 heterocycles. The molecule has 4 heteroatoms. The molecule has 4 nitrogen and oxygen atoms in total. The van der Waals surface area contributed by atoms with Gasteiger partial charge in [-0.1, -0.05) is 0 Å². The Hall–Kier alpha value is -1.58. The average Bonchev–Trinajstić information content (AvgIpc) is 2.46. The molecule has 0 spiro atoms. The first kappa shape index (κ1) is 9.51. The predicted molar refractivity (Wildman–Crippen MR) is 46.9 cm³/mol. The fourth-order valence-electron chi connectivity index (χ4n) is 1.14. The summed E-state index contributed by atoms with van der Waals surface area (Å²) in [4.78, 5) is 24.8. The van der Waals surface area contributed by atoms with Crippen molar-refractivity contribution in [3.05, 3.63) is 23.0 Å². The van der Waals surface area contributed by atoms with E-state index in [9.17, 15) is 9.59 Å². The van der Waals surface area contributed by atoms with Gasteiger partial charge in [0.05, 0.1) is 7.11 Å². The van der Waals surface area contributed by atoms with Gasteiger partial charge >= 0.3 is 5.97 Å². The summed E-state index contributed by atoms with van der Waals surface area (Å²) < 4.78 is 4.50. The van der Waals surface area contributed by atoms with Crippen LogP contribution in [0.4, 0.5) is 0 Å². The van der Waals surface area contributed by atoms with E-state index in [1.807, 2.05) is 0 Å². The Balaban J connectivity index is 3.09. The zero-order chi connectivity index (χ0) is 10.0. The zero-order valence-electron chi connectivity index (χ0n) is 7.80. The van der Waals surface area contributed by atoms with Crippen LogP contribution in [0, 0.1) is 6.92 Å². The van der Waals surface area contributed by atoms with Gasteiger partial charge < -0.3 is 9.72 Å². The lowest BCUT2D eigenvalue weighted by molar-refractivity contribution is 0.0594. The Labute approximate surface area is 75.9 Å². The molecule has 1 aromatic rings. The van der Waals surface area contributed by atoms with Crippen molar-refractivity contribution in [2.45, 2.75) is 13.8 Å². The fraction of sp³-hybridized carbons (Fsp3) is 0.333. The summed E-state index contributed by atoms with van der Waals surface area (Å²) in [5.74, 6) is -0.528. The Morgan fingerprint density at radius 3 is 2.46 bits per heavy atom. The van der Waals surface area contributed by atoms with Crippen molar-refractivity contribution >= 4 is 11.8 Å². The number of rotatable bonds is 2. The number of ketones is 1. The van der Waals surface area contributed by atoms with Gasteiger partial charge in [0.1, 0.15) is 5.69 Å². The zero-order valence-corrected chi connectivity index (χ0v) is 7.80. The van der Waals surface area contributed by atoms with E-state index >= 15 is 0 Å². The van der Waals surface area contributed by atoms with Gasteiger partial charge in [-0.05, 0) is 19.9 Å². The minimum Gasteiger partial charge on any atom is -0.464 e. The highest BCUT2D eigenvalue weighted by Gasteiger charge is 2.13. The van der Waals surface area contributed by atoms with Crippen LogP contribution in [0.5, 0.6) is 0 Å². The number of nitrogens with one attached hydrogen (secondary N) is 1. The van der Waals surface area contributed by atoms with Crippen LogP contribution in [0.1, 0.15) is 33.5 Å². The van der Waals surface area contributed by atoms with Gasteiger partial charge in [-0.2, -0.15) is 0 Å². The molecule has 0 saturated heterocycles. The molecule has 0 fully saturated rings. The van der Waals surface area contributed by atoms with Crippen LogP contribution in [-0.4, -0.2) is 23.8 Å². The van der Waals surface area contributed by atoms with Crippen LogP contribution < -0.4 is 0 Å². The molecular weight excluding hydrogens is 170 g/mol. The van der Waals surface area contributed by atoms with E-state index in [1.165, 1.54) is 20.1 Å². The largest absolute Gasteiger partial charge is 0.464 e. The third-order valence-corrected chi connectivity index (χ3v) is 1.80. The topological polar surface area (TPSA) is 59.2 Å². The van der Waals surface area contributed by atoms with Crippen molar-refractivity contribution in [1.29, 1.82) is 0 Å². The van der Waals surface area contributed by atoms with Crippen molar-refractivity contribution in [2.75, 3.05) is 7.11 Å². The first-order valence-electron chi connectivity index (χ1n) is 3.85. The van der Waals surface area contributed by atoms with E-state index in [2.05, 4.69) is 9.72 Å². The van der Waals surface area contributed by atoms with Crippen molar-refractivity contribution in [1.82, 2.24) is 4.98 Å². The molecule has 0 radical (unpaired) electrons. The molecule has 1 N–H and O–H groups in total. The number of Topliss-reactive ketones (excluding diaryl/α,β-unsaturated/α-hetero) is 1. The van der Waals surface area contributed by atoms with Gasteiger partial charge in [-0.15, -0.1) is 0 Å². The number of aryl methyl sites for hydroxylation is 1. The minimum atomic E-state index is -0.462. The van der Waals surface area contributed by atoms with Crippen molar-refractivity contribution in [3.8, 4) is 0 Å². The fourth-order valence-corrected chi connectivity index (χ4v) is 1.14. The smallest absolute Gasteiger partial charge is 0.354 e. The number of aromatic amines is 1. The number of carbonyl (C=O) groups excluding carboxylic acids is 2. The molecular formula is C9H11NO3. The van der Waals surface area contributed by atoms with Crippen LogP contribution in [0.2, 0.25) is 0 Å². The SMILES string of the molecule is COC(=O)c1cc(C(C)=O)c(C)[nH]1. The van der Waals surface area contributed by atoms with Gasteiger partial charge in [0, 0.05) is 11.3 Å². The second-order valence-electron chi connectivity index (χ2n) is 2.77. The van der Waals surface area contributed by atoms with E-state index in [-0.39, 0.29) is 5.78 Å². The summed E-state index contributed by atoms with van der Waals surface area (Å²) in [5, 5.41) is 0. The Morgan fingerprint density at radius 1 is 1.46 bits per heavy atom. The molecule has 0 bridgehead atoms. The second kappa shape index (κ2) is 3.43. The monoisotopic (exact) mass is 181 g/mol. The summed E-state index contributed by atoms with van der Waals surface area (Å²) in [5.41, 5.74) is 1.53. The highest BCUT2D eigenvalue weighted by molar-refractivity contribution is 5.98. The van der Waals surface area contributed by atoms with E-state index in [4.69, 9.17) is 0 Å². The first-order chi connectivity index (χ1) is 6.06. The maximum Gasteiger partial charge on any atom is 0.354 e. The number of ether oxygens (including phenoxy) is 1. The summed E-state index contributed by atoms with van der Waals surface area (Å²) in [6, 6.07) is 1.50. The molecule has 0 saturated carbocycles. The Bertz CT molecular complexity index is 352. The van der Waals surface area contributed by atoms with Crippen molar-refractivity contribution in [3.63, 3.8) is 0 Å². The molecule has 0 aliphatic heterocycles.